The van der Waals surface area contributed by atoms with Gasteiger partial charge in [-0.2, -0.15) is 0 Å². The van der Waals surface area contributed by atoms with Crippen molar-refractivity contribution in [1.82, 2.24) is 10.2 Å². The molecule has 0 atom stereocenters. The second-order valence-corrected chi connectivity index (χ2v) is 6.18. The molecular weight excluding hydrogens is 316 g/mol. The zero-order valence-corrected chi connectivity index (χ0v) is 13.9. The third kappa shape index (κ3) is 5.08. The largest absolute Gasteiger partial charge is 0.492 e. The Bertz CT molecular complexity index is 405. The SMILES string of the molecule is CCCNCc1cc(OCCN2CCCC2)ccc1Br. The van der Waals surface area contributed by atoms with Gasteiger partial charge in [-0.15, -0.1) is 0 Å². The summed E-state index contributed by atoms with van der Waals surface area (Å²) in [5.74, 6) is 0.973. The Balaban J connectivity index is 1.79. The molecule has 1 aliphatic heterocycles. The van der Waals surface area contributed by atoms with Crippen molar-refractivity contribution in [3.8, 4) is 5.75 Å². The average molecular weight is 341 g/mol. The molecule has 4 heteroatoms. The quantitative estimate of drug-likeness (QED) is 0.734. The number of benzene rings is 1. The number of likely N-dealkylation sites (tertiary alicyclic amines) is 1. The molecule has 0 spiro atoms. The molecule has 0 saturated carbocycles. The lowest BCUT2D eigenvalue weighted by molar-refractivity contribution is 0.237. The summed E-state index contributed by atoms with van der Waals surface area (Å²) in [6, 6.07) is 6.25. The molecular formula is C16H25BrN2O. The Labute approximate surface area is 130 Å². The summed E-state index contributed by atoms with van der Waals surface area (Å²) in [5, 5.41) is 3.43. The lowest BCUT2D eigenvalue weighted by atomic mass is 10.2. The lowest BCUT2D eigenvalue weighted by Gasteiger charge is -2.15. The molecule has 1 aliphatic rings. The molecule has 0 bridgehead atoms. The van der Waals surface area contributed by atoms with Crippen LogP contribution in [0.25, 0.3) is 0 Å². The fraction of sp³-hybridized carbons (Fsp3) is 0.625. The maximum absolute atomic E-state index is 5.88. The van der Waals surface area contributed by atoms with E-state index in [1.54, 1.807) is 0 Å². The monoisotopic (exact) mass is 340 g/mol. The minimum atomic E-state index is 0.781. The lowest BCUT2D eigenvalue weighted by Crippen LogP contribution is -2.25. The van der Waals surface area contributed by atoms with Crippen LogP contribution in [0, 0.1) is 0 Å². The molecule has 1 aromatic carbocycles. The number of nitrogens with one attached hydrogen (secondary N) is 1. The number of ether oxygens (including phenoxy) is 1. The summed E-state index contributed by atoms with van der Waals surface area (Å²) in [6.45, 7) is 8.40. The third-order valence-corrected chi connectivity index (χ3v) is 4.41. The second-order valence-electron chi connectivity index (χ2n) is 5.33. The van der Waals surface area contributed by atoms with Gasteiger partial charge in [0.1, 0.15) is 12.4 Å². The highest BCUT2D eigenvalue weighted by Crippen LogP contribution is 2.22. The summed E-state index contributed by atoms with van der Waals surface area (Å²) < 4.78 is 7.03. The Morgan fingerprint density at radius 3 is 2.85 bits per heavy atom. The van der Waals surface area contributed by atoms with Gasteiger partial charge in [-0.25, -0.2) is 0 Å². The van der Waals surface area contributed by atoms with E-state index in [1.165, 1.54) is 31.5 Å². The van der Waals surface area contributed by atoms with Gasteiger partial charge in [-0.05, 0) is 62.7 Å². The van der Waals surface area contributed by atoms with Crippen LogP contribution in [0.4, 0.5) is 0 Å². The minimum Gasteiger partial charge on any atom is -0.492 e. The number of rotatable bonds is 8. The summed E-state index contributed by atoms with van der Waals surface area (Å²) in [5.41, 5.74) is 1.26. The first-order valence-corrected chi connectivity index (χ1v) is 8.43. The van der Waals surface area contributed by atoms with Crippen LogP contribution in [0.2, 0.25) is 0 Å². The number of hydrogen-bond acceptors (Lipinski definition) is 3. The van der Waals surface area contributed by atoms with Gasteiger partial charge in [0.2, 0.25) is 0 Å². The third-order valence-electron chi connectivity index (χ3n) is 3.63. The maximum Gasteiger partial charge on any atom is 0.119 e. The van der Waals surface area contributed by atoms with Crippen molar-refractivity contribution in [1.29, 1.82) is 0 Å². The maximum atomic E-state index is 5.88. The van der Waals surface area contributed by atoms with Crippen LogP contribution in [-0.2, 0) is 6.54 Å². The number of nitrogens with zero attached hydrogens (tertiary/aromatic N) is 1. The van der Waals surface area contributed by atoms with Gasteiger partial charge in [0, 0.05) is 17.6 Å². The van der Waals surface area contributed by atoms with Crippen LogP contribution in [-0.4, -0.2) is 37.7 Å². The normalized spacial score (nSPS) is 15.7. The van der Waals surface area contributed by atoms with Gasteiger partial charge in [-0.3, -0.25) is 4.90 Å². The molecule has 0 aliphatic carbocycles. The molecule has 0 radical (unpaired) electrons. The molecule has 1 heterocycles. The number of hydrogen-bond donors (Lipinski definition) is 1. The van der Waals surface area contributed by atoms with E-state index in [4.69, 9.17) is 4.74 Å². The standard InChI is InChI=1S/C16H25BrN2O/c1-2-7-18-13-14-12-15(5-6-16(14)17)20-11-10-19-8-3-4-9-19/h5-6,12,18H,2-4,7-11,13H2,1H3. The van der Waals surface area contributed by atoms with Crippen molar-refractivity contribution in [2.75, 3.05) is 32.8 Å². The summed E-state index contributed by atoms with van der Waals surface area (Å²) in [6.07, 6.45) is 3.83. The van der Waals surface area contributed by atoms with Gasteiger partial charge < -0.3 is 10.1 Å². The topological polar surface area (TPSA) is 24.5 Å². The van der Waals surface area contributed by atoms with E-state index in [9.17, 15) is 0 Å². The summed E-state index contributed by atoms with van der Waals surface area (Å²) in [4.78, 5) is 2.47. The van der Waals surface area contributed by atoms with Crippen LogP contribution in [0.15, 0.2) is 22.7 Å². The van der Waals surface area contributed by atoms with Gasteiger partial charge in [0.25, 0.3) is 0 Å². The van der Waals surface area contributed by atoms with Gasteiger partial charge >= 0.3 is 0 Å². The van der Waals surface area contributed by atoms with Crippen molar-refractivity contribution in [3.63, 3.8) is 0 Å². The van der Waals surface area contributed by atoms with Gasteiger partial charge in [0.05, 0.1) is 0 Å². The van der Waals surface area contributed by atoms with Crippen molar-refractivity contribution in [2.24, 2.45) is 0 Å². The number of halogens is 1. The minimum absolute atomic E-state index is 0.781. The predicted octanol–water partition coefficient (Wildman–Crippen LogP) is 3.42. The fourth-order valence-electron chi connectivity index (χ4n) is 2.48. The molecule has 1 aromatic rings. The van der Waals surface area contributed by atoms with Crippen LogP contribution >= 0.6 is 15.9 Å². The average Bonchev–Trinajstić information content (AvgIpc) is 2.95. The molecule has 20 heavy (non-hydrogen) atoms. The van der Waals surface area contributed by atoms with E-state index in [0.717, 1.165) is 42.9 Å². The van der Waals surface area contributed by atoms with Crippen LogP contribution < -0.4 is 10.1 Å². The van der Waals surface area contributed by atoms with E-state index >= 15 is 0 Å². The van der Waals surface area contributed by atoms with Crippen molar-refractivity contribution in [2.45, 2.75) is 32.7 Å². The smallest absolute Gasteiger partial charge is 0.119 e. The predicted molar refractivity (Wildman–Crippen MR) is 87.3 cm³/mol. The Morgan fingerprint density at radius 2 is 2.10 bits per heavy atom. The van der Waals surface area contributed by atoms with E-state index in [2.05, 4.69) is 45.2 Å². The molecule has 2 rings (SSSR count). The van der Waals surface area contributed by atoms with Crippen LogP contribution in [0.1, 0.15) is 31.7 Å². The highest BCUT2D eigenvalue weighted by molar-refractivity contribution is 9.10. The molecule has 112 valence electrons. The fourth-order valence-corrected chi connectivity index (χ4v) is 2.86. The Kier molecular flexibility index (Phi) is 6.83. The molecule has 3 nitrogen and oxygen atoms in total. The Morgan fingerprint density at radius 1 is 1.30 bits per heavy atom. The van der Waals surface area contributed by atoms with Gasteiger partial charge in [-0.1, -0.05) is 22.9 Å². The van der Waals surface area contributed by atoms with E-state index in [-0.39, 0.29) is 0 Å². The van der Waals surface area contributed by atoms with E-state index in [0.29, 0.717) is 0 Å². The molecule has 1 saturated heterocycles. The summed E-state index contributed by atoms with van der Waals surface area (Å²) in [7, 11) is 0. The molecule has 0 aromatic heterocycles. The van der Waals surface area contributed by atoms with E-state index < -0.39 is 0 Å². The zero-order valence-electron chi connectivity index (χ0n) is 12.3. The van der Waals surface area contributed by atoms with Crippen molar-refractivity contribution < 1.29 is 4.74 Å². The van der Waals surface area contributed by atoms with Crippen molar-refractivity contribution >= 4 is 15.9 Å². The first-order chi connectivity index (χ1) is 9.79. The highest BCUT2D eigenvalue weighted by Gasteiger charge is 2.11. The van der Waals surface area contributed by atoms with Gasteiger partial charge in [0.15, 0.2) is 0 Å². The van der Waals surface area contributed by atoms with Crippen molar-refractivity contribution in [3.05, 3.63) is 28.2 Å². The molecule has 1 N–H and O–H groups in total. The van der Waals surface area contributed by atoms with Crippen LogP contribution in [0.3, 0.4) is 0 Å². The summed E-state index contributed by atoms with van der Waals surface area (Å²) >= 11 is 3.60. The second kappa shape index (κ2) is 8.65. The molecule has 0 amide bonds. The first-order valence-electron chi connectivity index (χ1n) is 7.64. The Hall–Kier alpha value is -0.580. The zero-order chi connectivity index (χ0) is 14.2. The first kappa shape index (κ1) is 15.8. The molecule has 1 fully saturated rings. The molecule has 0 unspecified atom stereocenters. The highest BCUT2D eigenvalue weighted by atomic mass is 79.9. The van der Waals surface area contributed by atoms with E-state index in [1.807, 2.05) is 6.07 Å². The van der Waals surface area contributed by atoms with Crippen LogP contribution in [0.5, 0.6) is 5.75 Å².